The van der Waals surface area contributed by atoms with Crippen molar-refractivity contribution in [1.82, 2.24) is 19.7 Å². The number of thiazole rings is 1. The van der Waals surface area contributed by atoms with E-state index in [2.05, 4.69) is 20.4 Å². The molecule has 0 radical (unpaired) electrons. The molecule has 0 spiro atoms. The highest BCUT2D eigenvalue weighted by Crippen LogP contribution is 2.31. The normalized spacial score (nSPS) is 10.8. The quantitative estimate of drug-likeness (QED) is 0.558. The predicted molar refractivity (Wildman–Crippen MR) is 106 cm³/mol. The number of rotatable bonds is 4. The predicted octanol–water partition coefficient (Wildman–Crippen LogP) is 4.40. The van der Waals surface area contributed by atoms with E-state index in [-0.39, 0.29) is 11.7 Å². The summed E-state index contributed by atoms with van der Waals surface area (Å²) in [7, 11) is 0. The summed E-state index contributed by atoms with van der Waals surface area (Å²) < 4.78 is 14.8. The fourth-order valence-electron chi connectivity index (χ4n) is 2.88. The SMILES string of the molecule is Cc1cc(-n2cncn2)ccc1C(=O)Nc1nc(-c2ccc(F)cc2)c(C)s1. The molecule has 0 fully saturated rings. The van der Waals surface area contributed by atoms with E-state index >= 15 is 0 Å². The van der Waals surface area contributed by atoms with Crippen molar-refractivity contribution in [2.45, 2.75) is 13.8 Å². The molecular formula is C20H16FN5OS. The molecule has 0 aliphatic heterocycles. The lowest BCUT2D eigenvalue weighted by molar-refractivity contribution is 0.102. The van der Waals surface area contributed by atoms with Crippen molar-refractivity contribution in [2.24, 2.45) is 0 Å². The summed E-state index contributed by atoms with van der Waals surface area (Å²) in [6.07, 6.45) is 3.06. The third-order valence-corrected chi connectivity index (χ3v) is 5.16. The molecule has 0 saturated heterocycles. The van der Waals surface area contributed by atoms with E-state index in [4.69, 9.17) is 0 Å². The Bertz CT molecular complexity index is 1140. The van der Waals surface area contributed by atoms with Gasteiger partial charge < -0.3 is 0 Å². The number of hydrogen-bond acceptors (Lipinski definition) is 5. The van der Waals surface area contributed by atoms with E-state index in [1.165, 1.54) is 29.8 Å². The van der Waals surface area contributed by atoms with Crippen molar-refractivity contribution in [3.8, 4) is 16.9 Å². The number of carbonyl (C=O) groups excluding carboxylic acids is 1. The van der Waals surface area contributed by atoms with Crippen LogP contribution in [0.5, 0.6) is 0 Å². The van der Waals surface area contributed by atoms with E-state index in [9.17, 15) is 9.18 Å². The zero-order chi connectivity index (χ0) is 19.7. The molecule has 1 amide bonds. The average Bonchev–Trinajstić information content (AvgIpc) is 3.32. The van der Waals surface area contributed by atoms with Gasteiger partial charge >= 0.3 is 0 Å². The molecule has 2 aromatic heterocycles. The average molecular weight is 393 g/mol. The van der Waals surface area contributed by atoms with Crippen LogP contribution in [0, 0.1) is 19.7 Å². The second-order valence-electron chi connectivity index (χ2n) is 6.22. The molecule has 4 rings (SSSR count). The van der Waals surface area contributed by atoms with Crippen molar-refractivity contribution < 1.29 is 9.18 Å². The van der Waals surface area contributed by atoms with Crippen LogP contribution in [0.15, 0.2) is 55.1 Å². The van der Waals surface area contributed by atoms with Gasteiger partial charge in [-0.1, -0.05) is 0 Å². The molecule has 0 bridgehead atoms. The first kappa shape index (κ1) is 18.0. The first-order chi connectivity index (χ1) is 13.5. The van der Waals surface area contributed by atoms with Crippen molar-refractivity contribution in [3.05, 3.63) is 76.9 Å². The molecule has 2 heterocycles. The molecular weight excluding hydrogens is 377 g/mol. The van der Waals surface area contributed by atoms with Crippen molar-refractivity contribution in [1.29, 1.82) is 0 Å². The van der Waals surface area contributed by atoms with Crippen molar-refractivity contribution in [2.75, 3.05) is 5.32 Å². The third kappa shape index (κ3) is 3.54. The Balaban J connectivity index is 1.56. The molecule has 0 unspecified atom stereocenters. The van der Waals surface area contributed by atoms with Gasteiger partial charge in [0.1, 0.15) is 18.5 Å². The van der Waals surface area contributed by atoms with Gasteiger partial charge in [0, 0.05) is 16.0 Å². The number of hydrogen-bond donors (Lipinski definition) is 1. The van der Waals surface area contributed by atoms with Gasteiger partial charge in [0.05, 0.1) is 11.4 Å². The summed E-state index contributed by atoms with van der Waals surface area (Å²) in [5, 5.41) is 7.45. The second-order valence-corrected chi connectivity index (χ2v) is 7.43. The van der Waals surface area contributed by atoms with Crippen LogP contribution in [-0.4, -0.2) is 25.7 Å². The van der Waals surface area contributed by atoms with Crippen LogP contribution < -0.4 is 5.32 Å². The Kier molecular flexibility index (Phi) is 4.70. The summed E-state index contributed by atoms with van der Waals surface area (Å²) in [4.78, 5) is 22.1. The molecule has 6 nitrogen and oxygen atoms in total. The molecule has 4 aromatic rings. The monoisotopic (exact) mass is 393 g/mol. The number of carbonyl (C=O) groups is 1. The molecule has 0 aliphatic rings. The molecule has 0 atom stereocenters. The number of amides is 1. The Labute approximate surface area is 164 Å². The van der Waals surface area contributed by atoms with Crippen molar-refractivity contribution in [3.63, 3.8) is 0 Å². The van der Waals surface area contributed by atoms with Gasteiger partial charge in [-0.3, -0.25) is 10.1 Å². The summed E-state index contributed by atoms with van der Waals surface area (Å²) in [6.45, 7) is 3.79. The van der Waals surface area contributed by atoms with Crippen LogP contribution in [0.3, 0.4) is 0 Å². The molecule has 28 heavy (non-hydrogen) atoms. The number of aryl methyl sites for hydroxylation is 2. The standard InChI is InChI=1S/C20H16FN5OS/c1-12-9-16(26-11-22-10-23-26)7-8-17(12)19(27)25-20-24-18(13(2)28-20)14-3-5-15(21)6-4-14/h3-11H,1-2H3,(H,24,25,27). The maximum Gasteiger partial charge on any atom is 0.257 e. The van der Waals surface area contributed by atoms with Crippen LogP contribution in [-0.2, 0) is 0 Å². The van der Waals surface area contributed by atoms with Gasteiger partial charge in [0.25, 0.3) is 5.91 Å². The Morgan fingerprint density at radius 3 is 2.61 bits per heavy atom. The fourth-order valence-corrected chi connectivity index (χ4v) is 3.71. The zero-order valence-electron chi connectivity index (χ0n) is 15.2. The van der Waals surface area contributed by atoms with Gasteiger partial charge in [0.2, 0.25) is 0 Å². The van der Waals surface area contributed by atoms with E-state index in [1.54, 1.807) is 29.2 Å². The van der Waals surface area contributed by atoms with Crippen LogP contribution in [0.4, 0.5) is 9.52 Å². The van der Waals surface area contributed by atoms with E-state index < -0.39 is 0 Å². The number of nitrogens with one attached hydrogen (secondary N) is 1. The van der Waals surface area contributed by atoms with Crippen LogP contribution in [0.25, 0.3) is 16.9 Å². The molecule has 0 saturated carbocycles. The number of halogens is 1. The van der Waals surface area contributed by atoms with Crippen LogP contribution in [0.1, 0.15) is 20.8 Å². The second kappa shape index (κ2) is 7.32. The summed E-state index contributed by atoms with van der Waals surface area (Å²) in [6, 6.07) is 11.6. The molecule has 8 heteroatoms. The van der Waals surface area contributed by atoms with E-state index in [1.807, 2.05) is 26.0 Å². The number of anilines is 1. The molecule has 0 aliphatic carbocycles. The molecule has 2 aromatic carbocycles. The highest BCUT2D eigenvalue weighted by atomic mass is 32.1. The van der Waals surface area contributed by atoms with Gasteiger partial charge in [-0.25, -0.2) is 19.0 Å². The summed E-state index contributed by atoms with van der Waals surface area (Å²) in [5.41, 5.74) is 3.75. The molecule has 1 N–H and O–H groups in total. The number of benzene rings is 2. The zero-order valence-corrected chi connectivity index (χ0v) is 16.0. The first-order valence-corrected chi connectivity index (χ1v) is 9.33. The fraction of sp³-hybridized carbons (Fsp3) is 0.100. The van der Waals surface area contributed by atoms with Crippen LogP contribution >= 0.6 is 11.3 Å². The topological polar surface area (TPSA) is 72.7 Å². The smallest absolute Gasteiger partial charge is 0.257 e. The summed E-state index contributed by atoms with van der Waals surface area (Å²) in [5.74, 6) is -0.531. The van der Waals surface area contributed by atoms with Gasteiger partial charge in [-0.2, -0.15) is 5.10 Å². The minimum Gasteiger partial charge on any atom is -0.298 e. The van der Waals surface area contributed by atoms with Crippen LogP contribution in [0.2, 0.25) is 0 Å². The Morgan fingerprint density at radius 1 is 1.14 bits per heavy atom. The van der Waals surface area contributed by atoms with Gasteiger partial charge in [-0.05, 0) is 61.9 Å². The van der Waals surface area contributed by atoms with E-state index in [0.29, 0.717) is 10.7 Å². The molecule has 140 valence electrons. The lowest BCUT2D eigenvalue weighted by Crippen LogP contribution is -2.13. The lowest BCUT2D eigenvalue weighted by Gasteiger charge is -2.08. The van der Waals surface area contributed by atoms with Crippen molar-refractivity contribution >= 4 is 22.4 Å². The number of aromatic nitrogens is 4. The first-order valence-electron chi connectivity index (χ1n) is 8.51. The maximum atomic E-state index is 13.1. The largest absolute Gasteiger partial charge is 0.298 e. The lowest BCUT2D eigenvalue weighted by atomic mass is 10.1. The van der Waals surface area contributed by atoms with Gasteiger partial charge in [-0.15, -0.1) is 11.3 Å². The van der Waals surface area contributed by atoms with Gasteiger partial charge in [0.15, 0.2) is 5.13 Å². The maximum absolute atomic E-state index is 13.1. The summed E-state index contributed by atoms with van der Waals surface area (Å²) >= 11 is 1.38. The minimum absolute atomic E-state index is 0.234. The minimum atomic E-state index is -0.296. The number of nitrogens with zero attached hydrogens (tertiary/aromatic N) is 4. The Hall–Kier alpha value is -3.39. The highest BCUT2D eigenvalue weighted by molar-refractivity contribution is 7.16. The third-order valence-electron chi connectivity index (χ3n) is 4.27. The highest BCUT2D eigenvalue weighted by Gasteiger charge is 2.15. The van der Waals surface area contributed by atoms with E-state index in [0.717, 1.165) is 27.4 Å². The Morgan fingerprint density at radius 2 is 1.93 bits per heavy atom.